The molecule has 7 heteroatoms. The van der Waals surface area contributed by atoms with Crippen molar-refractivity contribution in [1.82, 2.24) is 20.2 Å². The number of hydrogen-bond acceptors (Lipinski definition) is 5. The van der Waals surface area contributed by atoms with Crippen LogP contribution >= 0.6 is 11.8 Å². The van der Waals surface area contributed by atoms with E-state index in [2.05, 4.69) is 80.7 Å². The minimum absolute atomic E-state index is 0.169. The number of hydrogen-bond donors (Lipinski definition) is 1. The zero-order valence-corrected chi connectivity index (χ0v) is 21.8. The number of amides is 1. The van der Waals surface area contributed by atoms with E-state index in [1.54, 1.807) is 6.21 Å². The molecule has 5 rings (SSSR count). The molecule has 0 spiro atoms. The Morgan fingerprint density at radius 2 is 1.59 bits per heavy atom. The molecule has 0 radical (unpaired) electrons. The summed E-state index contributed by atoms with van der Waals surface area (Å²) in [6, 6.07) is 27.1. The van der Waals surface area contributed by atoms with E-state index in [4.69, 9.17) is 0 Å². The summed E-state index contributed by atoms with van der Waals surface area (Å²) in [6.07, 6.45) is 7.59. The predicted molar refractivity (Wildman–Crippen MR) is 151 cm³/mol. The van der Waals surface area contributed by atoms with Gasteiger partial charge in [-0.25, -0.2) is 5.43 Å². The number of carbonyl (C=O) groups excluding carboxylic acids is 1. The van der Waals surface area contributed by atoms with Crippen LogP contribution < -0.4 is 5.43 Å². The fourth-order valence-electron chi connectivity index (χ4n) is 4.68. The molecule has 1 aliphatic rings. The van der Waals surface area contributed by atoms with Gasteiger partial charge in [0.1, 0.15) is 0 Å². The number of benzene rings is 3. The Morgan fingerprint density at radius 1 is 0.919 bits per heavy atom. The van der Waals surface area contributed by atoms with Gasteiger partial charge in [-0.1, -0.05) is 115 Å². The van der Waals surface area contributed by atoms with Crippen LogP contribution in [0.25, 0.3) is 22.5 Å². The summed E-state index contributed by atoms with van der Waals surface area (Å²) in [6.45, 7) is 2.08. The largest absolute Gasteiger partial charge is 0.299 e. The van der Waals surface area contributed by atoms with Gasteiger partial charge in [-0.05, 0) is 36.5 Å². The van der Waals surface area contributed by atoms with Gasteiger partial charge in [0.05, 0.1) is 12.0 Å². The summed E-state index contributed by atoms with van der Waals surface area (Å²) < 4.78 is 2.25. The van der Waals surface area contributed by atoms with E-state index in [1.807, 2.05) is 30.3 Å². The second kappa shape index (κ2) is 12.0. The summed E-state index contributed by atoms with van der Waals surface area (Å²) in [4.78, 5) is 12.5. The van der Waals surface area contributed by atoms with Crippen LogP contribution in [0.4, 0.5) is 0 Å². The topological polar surface area (TPSA) is 72.2 Å². The van der Waals surface area contributed by atoms with Crippen molar-refractivity contribution in [2.45, 2.75) is 50.2 Å². The Hall–Kier alpha value is -3.71. The number of carbonyl (C=O) groups is 1. The summed E-state index contributed by atoms with van der Waals surface area (Å²) in [5.74, 6) is 0.937. The Bertz CT molecular complexity index is 1340. The molecule has 0 saturated heterocycles. The maximum absolute atomic E-state index is 12.5. The lowest BCUT2D eigenvalue weighted by atomic mass is 9.95. The fraction of sp³-hybridized carbons (Fsp3) is 0.267. The van der Waals surface area contributed by atoms with Crippen LogP contribution in [0.5, 0.6) is 0 Å². The highest BCUT2D eigenvalue weighted by Gasteiger charge is 2.24. The van der Waals surface area contributed by atoms with Crippen molar-refractivity contribution in [3.05, 3.63) is 90.0 Å². The number of nitrogens with zero attached hydrogens (tertiary/aromatic N) is 4. The number of aromatic nitrogens is 3. The third kappa shape index (κ3) is 6.35. The number of hydrazone groups is 1. The molecule has 1 amide bonds. The lowest BCUT2D eigenvalue weighted by Crippen LogP contribution is -2.20. The van der Waals surface area contributed by atoms with Gasteiger partial charge >= 0.3 is 0 Å². The number of aryl methyl sites for hydroxylation is 1. The van der Waals surface area contributed by atoms with E-state index in [-0.39, 0.29) is 11.7 Å². The molecule has 1 N–H and O–H groups in total. The first-order chi connectivity index (χ1) is 18.2. The Labute approximate surface area is 222 Å². The quantitative estimate of drug-likeness (QED) is 0.164. The SMILES string of the molecule is Cc1ccc(-c2nnc(SCC(=O)N/N=C\c3ccc(-c4ccccc4)cc3)n2C2CCCCC2)cc1. The van der Waals surface area contributed by atoms with E-state index in [1.165, 1.54) is 42.2 Å². The number of nitrogens with one attached hydrogen (secondary N) is 1. The molecular weight excluding hydrogens is 478 g/mol. The molecule has 1 aromatic heterocycles. The van der Waals surface area contributed by atoms with E-state index in [0.29, 0.717) is 6.04 Å². The molecular formula is C30H31N5OS. The van der Waals surface area contributed by atoms with Crippen molar-refractivity contribution >= 4 is 23.9 Å². The maximum Gasteiger partial charge on any atom is 0.250 e. The second-order valence-electron chi connectivity index (χ2n) is 9.40. The van der Waals surface area contributed by atoms with E-state index in [0.717, 1.165) is 40.5 Å². The first-order valence-corrected chi connectivity index (χ1v) is 13.8. The fourth-order valence-corrected chi connectivity index (χ4v) is 5.47. The molecule has 0 unspecified atom stereocenters. The van der Waals surface area contributed by atoms with E-state index < -0.39 is 0 Å². The van der Waals surface area contributed by atoms with Crippen LogP contribution in [0.2, 0.25) is 0 Å². The summed E-state index contributed by atoms with van der Waals surface area (Å²) >= 11 is 1.42. The molecule has 3 aromatic carbocycles. The van der Waals surface area contributed by atoms with Gasteiger partial charge in [0.25, 0.3) is 5.91 Å². The highest BCUT2D eigenvalue weighted by molar-refractivity contribution is 7.99. The molecule has 1 aliphatic carbocycles. The molecule has 0 aliphatic heterocycles. The molecule has 1 heterocycles. The van der Waals surface area contributed by atoms with Gasteiger partial charge in [0.2, 0.25) is 0 Å². The molecule has 1 saturated carbocycles. The third-order valence-electron chi connectivity index (χ3n) is 6.67. The maximum atomic E-state index is 12.5. The summed E-state index contributed by atoms with van der Waals surface area (Å²) in [5, 5.41) is 14.0. The summed E-state index contributed by atoms with van der Waals surface area (Å²) in [5.41, 5.74) is 8.15. The Balaban J connectivity index is 1.21. The van der Waals surface area contributed by atoms with Crippen LogP contribution in [0, 0.1) is 6.92 Å². The van der Waals surface area contributed by atoms with Crippen LogP contribution in [0.1, 0.15) is 49.3 Å². The number of rotatable bonds is 8. The Kier molecular flexibility index (Phi) is 8.11. The van der Waals surface area contributed by atoms with Gasteiger partial charge in [0, 0.05) is 11.6 Å². The molecule has 1 fully saturated rings. The predicted octanol–water partition coefficient (Wildman–Crippen LogP) is 6.67. The van der Waals surface area contributed by atoms with E-state index >= 15 is 0 Å². The Morgan fingerprint density at radius 3 is 2.32 bits per heavy atom. The highest BCUT2D eigenvalue weighted by atomic mass is 32.2. The standard InChI is InChI=1S/C30H31N5OS/c1-22-12-16-26(17-13-22)29-33-34-30(35(29)27-10-6-3-7-11-27)37-21-28(36)32-31-20-23-14-18-25(19-15-23)24-8-4-2-5-9-24/h2,4-5,8-9,12-20,27H,3,6-7,10-11,21H2,1H3,(H,32,36)/b31-20-. The first-order valence-electron chi connectivity index (χ1n) is 12.8. The first kappa shape index (κ1) is 25.0. The normalized spacial score (nSPS) is 14.2. The average Bonchev–Trinajstić information content (AvgIpc) is 3.38. The monoisotopic (exact) mass is 509 g/mol. The van der Waals surface area contributed by atoms with Crippen molar-refractivity contribution in [3.8, 4) is 22.5 Å². The van der Waals surface area contributed by atoms with Gasteiger partial charge in [-0.2, -0.15) is 5.10 Å². The third-order valence-corrected chi connectivity index (χ3v) is 7.61. The molecule has 0 bridgehead atoms. The molecule has 4 aromatic rings. The highest BCUT2D eigenvalue weighted by Crippen LogP contribution is 2.35. The molecule has 6 nitrogen and oxygen atoms in total. The molecule has 0 atom stereocenters. The van der Waals surface area contributed by atoms with Crippen molar-refractivity contribution in [2.24, 2.45) is 5.10 Å². The molecule has 188 valence electrons. The minimum Gasteiger partial charge on any atom is -0.299 e. The molecule has 37 heavy (non-hydrogen) atoms. The van der Waals surface area contributed by atoms with Crippen molar-refractivity contribution in [1.29, 1.82) is 0 Å². The zero-order valence-electron chi connectivity index (χ0n) is 21.0. The van der Waals surface area contributed by atoms with Crippen molar-refractivity contribution in [2.75, 3.05) is 5.75 Å². The average molecular weight is 510 g/mol. The van der Waals surface area contributed by atoms with Crippen LogP contribution in [0.15, 0.2) is 89.1 Å². The smallest absolute Gasteiger partial charge is 0.250 e. The summed E-state index contributed by atoms with van der Waals surface area (Å²) in [7, 11) is 0. The lowest BCUT2D eigenvalue weighted by molar-refractivity contribution is -0.118. The van der Waals surface area contributed by atoms with Crippen LogP contribution in [0.3, 0.4) is 0 Å². The van der Waals surface area contributed by atoms with Gasteiger partial charge in [0.15, 0.2) is 11.0 Å². The van der Waals surface area contributed by atoms with Crippen molar-refractivity contribution in [3.63, 3.8) is 0 Å². The number of thioether (sulfide) groups is 1. The van der Waals surface area contributed by atoms with Gasteiger partial charge < -0.3 is 0 Å². The van der Waals surface area contributed by atoms with Crippen LogP contribution in [-0.4, -0.2) is 32.6 Å². The van der Waals surface area contributed by atoms with Crippen molar-refractivity contribution < 1.29 is 4.79 Å². The zero-order chi connectivity index (χ0) is 25.5. The minimum atomic E-state index is -0.169. The second-order valence-corrected chi connectivity index (χ2v) is 10.3. The van der Waals surface area contributed by atoms with E-state index in [9.17, 15) is 4.79 Å². The van der Waals surface area contributed by atoms with Gasteiger partial charge in [-0.15, -0.1) is 10.2 Å². The lowest BCUT2D eigenvalue weighted by Gasteiger charge is -2.25. The van der Waals surface area contributed by atoms with Gasteiger partial charge in [-0.3, -0.25) is 9.36 Å². The van der Waals surface area contributed by atoms with Crippen LogP contribution in [-0.2, 0) is 4.79 Å².